The number of aliphatic hydroxyl groups is 1. The van der Waals surface area contributed by atoms with E-state index in [0.29, 0.717) is 17.4 Å². The van der Waals surface area contributed by atoms with E-state index in [0.717, 1.165) is 4.88 Å². The summed E-state index contributed by atoms with van der Waals surface area (Å²) in [4.78, 5) is 0.920. The van der Waals surface area contributed by atoms with E-state index >= 15 is 0 Å². The number of methoxy groups -OCH3 is 1. The molecule has 1 aromatic rings. The largest absolute Gasteiger partial charge is 0.479 e. The fourth-order valence-electron chi connectivity index (χ4n) is 0.864. The van der Waals surface area contributed by atoms with E-state index in [1.54, 1.807) is 0 Å². The zero-order valence-corrected chi connectivity index (χ0v) is 9.65. The van der Waals surface area contributed by atoms with Crippen LogP contribution in [0, 0.1) is 0 Å². The van der Waals surface area contributed by atoms with Gasteiger partial charge in [-0.15, -0.1) is 0 Å². The number of nitrogens with zero attached hydrogens (tertiary/aromatic N) is 1. The number of ether oxygens (including phenoxy) is 1. The molecule has 0 aliphatic rings. The minimum Gasteiger partial charge on any atom is -0.479 e. The summed E-state index contributed by atoms with van der Waals surface area (Å²) in [6.45, 7) is 2.60. The van der Waals surface area contributed by atoms with E-state index in [-0.39, 0.29) is 12.6 Å². The highest BCUT2D eigenvalue weighted by Gasteiger charge is 2.12. The first kappa shape index (κ1) is 11.7. The molecule has 0 bridgehead atoms. The molecule has 6 heteroatoms. The van der Waals surface area contributed by atoms with Gasteiger partial charge in [0.25, 0.3) is 0 Å². The van der Waals surface area contributed by atoms with Crippen LogP contribution in [0.5, 0.6) is 5.88 Å². The molecule has 0 radical (unpaired) electrons. The molecule has 0 saturated heterocycles. The Labute approximate surface area is 92.0 Å². The van der Waals surface area contributed by atoms with Gasteiger partial charge in [0.2, 0.25) is 5.88 Å². The van der Waals surface area contributed by atoms with Crippen molar-refractivity contribution in [1.82, 2.24) is 9.69 Å². The zero-order valence-electron chi connectivity index (χ0n) is 8.08. The Kier molecular flexibility index (Phi) is 4.60. The highest BCUT2D eigenvalue weighted by molar-refractivity contribution is 7.06. The van der Waals surface area contributed by atoms with Gasteiger partial charge < -0.3 is 15.2 Å². The van der Waals surface area contributed by atoms with Crippen LogP contribution in [0.2, 0.25) is 5.02 Å². The fraction of sp³-hybridized carbons (Fsp3) is 0.625. The van der Waals surface area contributed by atoms with Crippen LogP contribution in [0.25, 0.3) is 0 Å². The van der Waals surface area contributed by atoms with Crippen LogP contribution in [-0.2, 0) is 6.54 Å². The third kappa shape index (κ3) is 2.81. The van der Waals surface area contributed by atoms with Crippen LogP contribution in [0.1, 0.15) is 11.8 Å². The van der Waals surface area contributed by atoms with Crippen LogP contribution in [0.4, 0.5) is 0 Å². The number of hydrogen-bond acceptors (Lipinski definition) is 5. The monoisotopic (exact) mass is 236 g/mol. The summed E-state index contributed by atoms with van der Waals surface area (Å²) in [6.07, 6.45) is 0. The highest BCUT2D eigenvalue weighted by atomic mass is 35.5. The topological polar surface area (TPSA) is 54.4 Å². The van der Waals surface area contributed by atoms with Crippen molar-refractivity contribution < 1.29 is 9.84 Å². The average Bonchev–Trinajstić information content (AvgIpc) is 2.56. The van der Waals surface area contributed by atoms with Crippen molar-refractivity contribution in [3.63, 3.8) is 0 Å². The number of hydrogen-bond donors (Lipinski definition) is 2. The lowest BCUT2D eigenvalue weighted by Crippen LogP contribution is -2.28. The summed E-state index contributed by atoms with van der Waals surface area (Å²) in [6, 6.07) is 0.0548. The van der Waals surface area contributed by atoms with Gasteiger partial charge in [0.05, 0.1) is 18.6 Å². The average molecular weight is 237 g/mol. The predicted octanol–water partition coefficient (Wildman–Crippen LogP) is 1.28. The normalized spacial score (nSPS) is 12.9. The number of aliphatic hydroxyl groups excluding tert-OH is 1. The van der Waals surface area contributed by atoms with Gasteiger partial charge in [-0.2, -0.15) is 4.37 Å². The van der Waals surface area contributed by atoms with E-state index in [9.17, 15) is 0 Å². The lowest BCUT2D eigenvalue weighted by molar-refractivity contribution is 0.251. The third-order valence-electron chi connectivity index (χ3n) is 1.75. The van der Waals surface area contributed by atoms with Crippen molar-refractivity contribution in [2.24, 2.45) is 0 Å². The molecule has 0 aliphatic heterocycles. The van der Waals surface area contributed by atoms with Gasteiger partial charge in [-0.1, -0.05) is 11.6 Å². The van der Waals surface area contributed by atoms with Crippen LogP contribution >= 0.6 is 23.1 Å². The van der Waals surface area contributed by atoms with E-state index in [4.69, 9.17) is 21.4 Å². The Morgan fingerprint density at radius 2 is 2.43 bits per heavy atom. The Hall–Kier alpha value is -0.360. The molecule has 0 spiro atoms. The quantitative estimate of drug-likeness (QED) is 0.809. The highest BCUT2D eigenvalue weighted by Crippen LogP contribution is 2.30. The molecule has 0 aromatic carbocycles. The standard InChI is InChI=1S/C8H13ClN2O2S/c1-5(4-12)10-3-6-7(9)8(13-2)11-14-6/h5,10,12H,3-4H2,1-2H3. The smallest absolute Gasteiger partial charge is 0.244 e. The molecular weight excluding hydrogens is 224 g/mol. The predicted molar refractivity (Wildman–Crippen MR) is 57.1 cm³/mol. The minimum absolute atomic E-state index is 0.0548. The number of nitrogens with one attached hydrogen (secondary N) is 1. The van der Waals surface area contributed by atoms with Crippen molar-refractivity contribution in [2.75, 3.05) is 13.7 Å². The number of halogens is 1. The minimum atomic E-state index is 0.0548. The molecular formula is C8H13ClN2O2S. The first-order valence-electron chi connectivity index (χ1n) is 4.21. The first-order chi connectivity index (χ1) is 6.69. The molecule has 4 nitrogen and oxygen atoms in total. The lowest BCUT2D eigenvalue weighted by Gasteiger charge is -2.08. The zero-order chi connectivity index (χ0) is 10.6. The second kappa shape index (κ2) is 5.50. The van der Waals surface area contributed by atoms with Crippen LogP contribution in [0.3, 0.4) is 0 Å². The van der Waals surface area contributed by atoms with Gasteiger partial charge in [0.15, 0.2) is 0 Å². The Bertz CT molecular complexity index is 293. The van der Waals surface area contributed by atoms with Gasteiger partial charge >= 0.3 is 0 Å². The summed E-state index contributed by atoms with van der Waals surface area (Å²) >= 11 is 7.27. The SMILES string of the molecule is COc1nsc(CNC(C)CO)c1Cl. The molecule has 0 fully saturated rings. The Balaban J connectivity index is 2.54. The summed E-state index contributed by atoms with van der Waals surface area (Å²) in [5.74, 6) is 0.463. The number of rotatable bonds is 5. The van der Waals surface area contributed by atoms with Crippen molar-refractivity contribution >= 4 is 23.1 Å². The molecule has 2 N–H and O–H groups in total. The molecule has 1 unspecified atom stereocenters. The molecule has 1 atom stereocenters. The van der Waals surface area contributed by atoms with Crippen molar-refractivity contribution in [3.05, 3.63) is 9.90 Å². The van der Waals surface area contributed by atoms with Gasteiger partial charge in [-0.25, -0.2) is 0 Å². The number of aromatic nitrogens is 1. The maximum absolute atomic E-state index is 8.80. The molecule has 1 aromatic heterocycles. The molecule has 0 aliphatic carbocycles. The maximum atomic E-state index is 8.80. The molecule has 0 saturated carbocycles. The molecule has 80 valence electrons. The molecule has 1 heterocycles. The van der Waals surface area contributed by atoms with Gasteiger partial charge in [-0.3, -0.25) is 0 Å². The van der Waals surface area contributed by atoms with Gasteiger partial charge in [0, 0.05) is 12.6 Å². The van der Waals surface area contributed by atoms with E-state index < -0.39 is 0 Å². The molecule has 1 rings (SSSR count). The first-order valence-corrected chi connectivity index (χ1v) is 5.36. The third-order valence-corrected chi connectivity index (χ3v) is 3.08. The summed E-state index contributed by atoms with van der Waals surface area (Å²) in [5.41, 5.74) is 0. The maximum Gasteiger partial charge on any atom is 0.244 e. The van der Waals surface area contributed by atoms with Crippen LogP contribution in [0.15, 0.2) is 0 Å². The second-order valence-corrected chi connectivity index (χ2v) is 4.13. The van der Waals surface area contributed by atoms with Crippen LogP contribution < -0.4 is 10.1 Å². The Morgan fingerprint density at radius 1 is 1.71 bits per heavy atom. The fourth-order valence-corrected chi connectivity index (χ4v) is 1.88. The summed E-state index contributed by atoms with van der Waals surface area (Å²) in [5, 5.41) is 12.5. The molecule has 0 amide bonds. The van der Waals surface area contributed by atoms with Crippen molar-refractivity contribution in [3.8, 4) is 5.88 Å². The lowest BCUT2D eigenvalue weighted by atomic mass is 10.3. The van der Waals surface area contributed by atoms with E-state index in [2.05, 4.69) is 9.69 Å². The van der Waals surface area contributed by atoms with Crippen molar-refractivity contribution in [1.29, 1.82) is 0 Å². The van der Waals surface area contributed by atoms with Crippen LogP contribution in [-0.4, -0.2) is 29.2 Å². The van der Waals surface area contributed by atoms with E-state index in [1.807, 2.05) is 6.92 Å². The summed E-state index contributed by atoms with van der Waals surface area (Å²) in [7, 11) is 1.54. The Morgan fingerprint density at radius 3 is 2.93 bits per heavy atom. The molecule has 14 heavy (non-hydrogen) atoms. The summed E-state index contributed by atoms with van der Waals surface area (Å²) < 4.78 is 8.97. The van der Waals surface area contributed by atoms with Gasteiger partial charge in [0.1, 0.15) is 5.02 Å². The second-order valence-electron chi connectivity index (χ2n) is 2.89. The van der Waals surface area contributed by atoms with Gasteiger partial charge in [-0.05, 0) is 18.5 Å². The van der Waals surface area contributed by atoms with E-state index in [1.165, 1.54) is 18.6 Å². The van der Waals surface area contributed by atoms with Crippen molar-refractivity contribution in [2.45, 2.75) is 19.5 Å².